The molecule has 0 radical (unpaired) electrons. The van der Waals surface area contributed by atoms with Crippen LogP contribution in [0.4, 0.5) is 13.2 Å². The van der Waals surface area contributed by atoms with Crippen LogP contribution in [0.25, 0.3) is 0 Å². The molecule has 1 N–H and O–H groups in total. The summed E-state index contributed by atoms with van der Waals surface area (Å²) in [5, 5.41) is 10.3. The smallest absolute Gasteiger partial charge is 0.380 e. The minimum absolute atomic E-state index is 0.0344. The van der Waals surface area contributed by atoms with Crippen molar-refractivity contribution in [3.05, 3.63) is 0 Å². The molecular weight excluding hydrogens is 365 g/mol. The molecule has 0 bridgehead atoms. The number of Topliss-reactive ketones (excluding diaryl/α,β-unsaturated/α-hetero) is 1. The molecule has 5 heteroatoms. The maximum Gasteiger partial charge on any atom is 0.417 e. The third-order valence-corrected chi connectivity index (χ3v) is 9.98. The van der Waals surface area contributed by atoms with E-state index in [1.165, 1.54) is 6.42 Å². The number of rotatable bonds is 2. The number of ketones is 1. The molecule has 0 aliphatic heterocycles. The molecule has 160 valence electrons. The highest BCUT2D eigenvalue weighted by Gasteiger charge is 2.64. The summed E-state index contributed by atoms with van der Waals surface area (Å²) in [6.45, 7) is 6.29. The van der Waals surface area contributed by atoms with Crippen LogP contribution in [-0.4, -0.2) is 22.7 Å². The standard InChI is InChI=1S/C23H35F3O2/c1-14(27)12-15-5-7-18-17-6-4-16-13-22(28,23(24,25)26)11-10-21(16,3)19(17)8-9-20(15,18)2/h15-19,28H,4-13H2,1-3H3/t15-,16+,17+,18+,19+,20-,21+,22+/m1/s1. The summed E-state index contributed by atoms with van der Waals surface area (Å²) in [7, 11) is 0. The van der Waals surface area contributed by atoms with Gasteiger partial charge in [-0.15, -0.1) is 0 Å². The Morgan fingerprint density at radius 2 is 1.64 bits per heavy atom. The van der Waals surface area contributed by atoms with Crippen LogP contribution in [0, 0.1) is 40.4 Å². The fraction of sp³-hybridized carbons (Fsp3) is 0.957. The largest absolute Gasteiger partial charge is 0.417 e. The molecule has 4 fully saturated rings. The van der Waals surface area contributed by atoms with Crippen molar-refractivity contribution in [2.45, 2.75) is 96.8 Å². The molecular formula is C23H35F3O2. The minimum atomic E-state index is -4.53. The molecule has 0 heterocycles. The number of carbonyl (C=O) groups is 1. The van der Waals surface area contributed by atoms with E-state index in [2.05, 4.69) is 13.8 Å². The molecule has 0 amide bonds. The van der Waals surface area contributed by atoms with Crippen LogP contribution >= 0.6 is 0 Å². The first-order chi connectivity index (χ1) is 12.9. The first-order valence-corrected chi connectivity index (χ1v) is 11.2. The lowest BCUT2D eigenvalue weighted by molar-refractivity contribution is -0.290. The second kappa shape index (κ2) is 6.46. The number of hydrogen-bond acceptors (Lipinski definition) is 2. The SMILES string of the molecule is CC(=O)C[C@H]1CC[C@H]2[C@@H]3CC[C@H]4C[C@](O)(C(F)(F)F)CC[C@]4(C)[C@H]3CC[C@]12C. The third-order valence-electron chi connectivity index (χ3n) is 9.98. The van der Waals surface area contributed by atoms with Gasteiger partial charge in [-0.3, -0.25) is 0 Å². The Bertz CT molecular complexity index is 646. The second-order valence-electron chi connectivity index (χ2n) is 11.1. The van der Waals surface area contributed by atoms with Gasteiger partial charge in [0.25, 0.3) is 0 Å². The maximum atomic E-state index is 13.4. The van der Waals surface area contributed by atoms with E-state index < -0.39 is 11.8 Å². The van der Waals surface area contributed by atoms with Crippen molar-refractivity contribution in [2.75, 3.05) is 0 Å². The van der Waals surface area contributed by atoms with Crippen LogP contribution in [0.3, 0.4) is 0 Å². The Balaban J connectivity index is 1.56. The van der Waals surface area contributed by atoms with Gasteiger partial charge in [0, 0.05) is 6.42 Å². The third kappa shape index (κ3) is 2.89. The predicted octanol–water partition coefficient (Wildman–Crippen LogP) is 5.92. The Labute approximate surface area is 166 Å². The van der Waals surface area contributed by atoms with Crippen molar-refractivity contribution in [1.82, 2.24) is 0 Å². The molecule has 0 aromatic rings. The van der Waals surface area contributed by atoms with Gasteiger partial charge in [-0.1, -0.05) is 13.8 Å². The van der Waals surface area contributed by atoms with Gasteiger partial charge in [0.1, 0.15) is 5.78 Å². The highest BCUT2D eigenvalue weighted by Crippen LogP contribution is 2.68. The topological polar surface area (TPSA) is 37.3 Å². The Morgan fingerprint density at radius 3 is 2.29 bits per heavy atom. The normalized spacial score (nSPS) is 51.2. The number of fused-ring (bicyclic) bond motifs is 5. The van der Waals surface area contributed by atoms with Gasteiger partial charge >= 0.3 is 6.18 Å². The van der Waals surface area contributed by atoms with E-state index in [9.17, 15) is 23.1 Å². The maximum absolute atomic E-state index is 13.4. The summed E-state index contributed by atoms with van der Waals surface area (Å²) < 4.78 is 40.3. The van der Waals surface area contributed by atoms with Crippen LogP contribution in [0.5, 0.6) is 0 Å². The number of hydrogen-bond donors (Lipinski definition) is 1. The summed E-state index contributed by atoms with van der Waals surface area (Å²) in [5.74, 6) is 2.38. The highest BCUT2D eigenvalue weighted by atomic mass is 19.4. The first-order valence-electron chi connectivity index (χ1n) is 11.2. The molecule has 4 aliphatic carbocycles. The fourth-order valence-corrected chi connectivity index (χ4v) is 8.29. The molecule has 0 aromatic carbocycles. The lowest BCUT2D eigenvalue weighted by Crippen LogP contribution is -2.59. The average molecular weight is 401 g/mol. The van der Waals surface area contributed by atoms with Crippen molar-refractivity contribution in [2.24, 2.45) is 40.4 Å². The lowest BCUT2D eigenvalue weighted by Gasteiger charge is -2.62. The average Bonchev–Trinajstić information content (AvgIpc) is 2.91. The fourth-order valence-electron chi connectivity index (χ4n) is 8.29. The zero-order valence-corrected chi connectivity index (χ0v) is 17.4. The van der Waals surface area contributed by atoms with Gasteiger partial charge in [0.15, 0.2) is 5.60 Å². The molecule has 0 aromatic heterocycles. The summed E-state index contributed by atoms with van der Waals surface area (Å²) in [6.07, 6.45) is 2.63. The molecule has 4 aliphatic rings. The van der Waals surface area contributed by atoms with Gasteiger partial charge in [-0.25, -0.2) is 0 Å². The first kappa shape index (κ1) is 20.7. The molecule has 28 heavy (non-hydrogen) atoms. The second-order valence-corrected chi connectivity index (χ2v) is 11.1. The number of halogens is 3. The summed E-state index contributed by atoms with van der Waals surface area (Å²) >= 11 is 0. The summed E-state index contributed by atoms with van der Waals surface area (Å²) in [6, 6.07) is 0. The van der Waals surface area contributed by atoms with E-state index in [0.717, 1.165) is 32.1 Å². The monoisotopic (exact) mass is 400 g/mol. The number of aliphatic hydroxyl groups is 1. The number of carbonyl (C=O) groups excluding carboxylic acids is 1. The van der Waals surface area contributed by atoms with Gasteiger partial charge < -0.3 is 9.90 Å². The minimum Gasteiger partial charge on any atom is -0.380 e. The summed E-state index contributed by atoms with van der Waals surface area (Å²) in [5.41, 5.74) is -2.36. The van der Waals surface area contributed by atoms with E-state index in [0.29, 0.717) is 36.5 Å². The van der Waals surface area contributed by atoms with Gasteiger partial charge in [-0.2, -0.15) is 13.2 Å². The van der Waals surface area contributed by atoms with E-state index in [4.69, 9.17) is 0 Å². The van der Waals surface area contributed by atoms with Crippen molar-refractivity contribution in [3.8, 4) is 0 Å². The zero-order chi connectivity index (χ0) is 20.5. The Hall–Kier alpha value is -0.580. The van der Waals surface area contributed by atoms with Crippen molar-refractivity contribution in [3.63, 3.8) is 0 Å². The van der Waals surface area contributed by atoms with Gasteiger partial charge in [0.2, 0.25) is 0 Å². The van der Waals surface area contributed by atoms with Crippen LogP contribution < -0.4 is 0 Å². The van der Waals surface area contributed by atoms with E-state index >= 15 is 0 Å². The van der Waals surface area contributed by atoms with E-state index in [-0.39, 0.29) is 35.4 Å². The molecule has 2 nitrogen and oxygen atoms in total. The van der Waals surface area contributed by atoms with Gasteiger partial charge in [-0.05, 0) is 105 Å². The van der Waals surface area contributed by atoms with Crippen LogP contribution in [-0.2, 0) is 4.79 Å². The molecule has 0 unspecified atom stereocenters. The molecule has 4 rings (SSSR count). The summed E-state index contributed by atoms with van der Waals surface area (Å²) in [4.78, 5) is 11.8. The van der Waals surface area contributed by atoms with Crippen molar-refractivity contribution < 1.29 is 23.1 Å². The Morgan fingerprint density at radius 1 is 0.964 bits per heavy atom. The Kier molecular flexibility index (Phi) is 4.77. The zero-order valence-electron chi connectivity index (χ0n) is 17.4. The quantitative estimate of drug-likeness (QED) is 0.625. The van der Waals surface area contributed by atoms with Gasteiger partial charge in [0.05, 0.1) is 0 Å². The number of alkyl halides is 3. The molecule has 0 saturated heterocycles. The molecule has 0 spiro atoms. The van der Waals surface area contributed by atoms with Crippen LogP contribution in [0.15, 0.2) is 0 Å². The molecule has 8 atom stereocenters. The van der Waals surface area contributed by atoms with Crippen LogP contribution in [0.2, 0.25) is 0 Å². The van der Waals surface area contributed by atoms with Crippen LogP contribution in [0.1, 0.15) is 85.0 Å². The van der Waals surface area contributed by atoms with Crippen molar-refractivity contribution >= 4 is 5.78 Å². The highest BCUT2D eigenvalue weighted by molar-refractivity contribution is 5.75. The molecule has 4 saturated carbocycles. The van der Waals surface area contributed by atoms with Crippen molar-refractivity contribution in [1.29, 1.82) is 0 Å². The van der Waals surface area contributed by atoms with E-state index in [1.54, 1.807) is 6.92 Å². The lowest BCUT2D eigenvalue weighted by atomic mass is 9.43. The van der Waals surface area contributed by atoms with E-state index in [1.807, 2.05) is 0 Å². The predicted molar refractivity (Wildman–Crippen MR) is 102 cm³/mol.